The van der Waals surface area contributed by atoms with Crippen LogP contribution in [-0.4, -0.2) is 63.2 Å². The molecule has 1 fully saturated rings. The SMILES string of the molecule is CNc1cc(Nc2ccc(S(=O)(=O)N3CCOCC3)cc2OC)nc2[nH]cc(C#N)c12. The van der Waals surface area contributed by atoms with Crippen molar-refractivity contribution in [1.29, 1.82) is 5.26 Å². The number of hydrogen-bond donors (Lipinski definition) is 3. The van der Waals surface area contributed by atoms with Gasteiger partial charge in [-0.15, -0.1) is 0 Å². The summed E-state index contributed by atoms with van der Waals surface area (Å²) < 4.78 is 38.0. The number of nitrogens with one attached hydrogen (secondary N) is 3. The van der Waals surface area contributed by atoms with E-state index < -0.39 is 10.0 Å². The van der Waals surface area contributed by atoms with Crippen molar-refractivity contribution in [2.75, 3.05) is 51.1 Å². The predicted molar refractivity (Wildman–Crippen MR) is 116 cm³/mol. The number of fused-ring (bicyclic) bond motifs is 1. The lowest BCUT2D eigenvalue weighted by atomic mass is 10.2. The number of methoxy groups -OCH3 is 1. The van der Waals surface area contributed by atoms with Crippen molar-refractivity contribution < 1.29 is 17.9 Å². The van der Waals surface area contributed by atoms with Crippen LogP contribution < -0.4 is 15.4 Å². The van der Waals surface area contributed by atoms with Gasteiger partial charge >= 0.3 is 0 Å². The van der Waals surface area contributed by atoms with E-state index in [0.29, 0.717) is 60.2 Å². The summed E-state index contributed by atoms with van der Waals surface area (Å²) >= 11 is 0. The Balaban J connectivity index is 1.67. The first-order valence-corrected chi connectivity index (χ1v) is 11.0. The van der Waals surface area contributed by atoms with Gasteiger partial charge < -0.3 is 25.1 Å². The molecule has 162 valence electrons. The van der Waals surface area contributed by atoms with Crippen LogP contribution in [-0.2, 0) is 14.8 Å². The Kier molecular flexibility index (Phi) is 5.69. The van der Waals surface area contributed by atoms with Gasteiger partial charge in [0.05, 0.1) is 41.9 Å². The molecule has 0 bridgehead atoms. The fraction of sp³-hybridized carbons (Fsp3) is 0.300. The predicted octanol–water partition coefficient (Wildman–Crippen LogP) is 2.25. The number of nitrogens with zero attached hydrogens (tertiary/aromatic N) is 3. The molecule has 2 aromatic heterocycles. The molecule has 1 aliphatic heterocycles. The monoisotopic (exact) mass is 442 g/mol. The zero-order valence-corrected chi connectivity index (χ0v) is 17.9. The molecule has 0 saturated carbocycles. The van der Waals surface area contributed by atoms with Crippen molar-refractivity contribution in [3.8, 4) is 11.8 Å². The molecule has 1 aliphatic rings. The summed E-state index contributed by atoms with van der Waals surface area (Å²) in [5, 5.41) is 16.2. The maximum absolute atomic E-state index is 12.9. The largest absolute Gasteiger partial charge is 0.495 e. The van der Waals surface area contributed by atoms with Crippen LogP contribution in [0.5, 0.6) is 5.75 Å². The van der Waals surface area contributed by atoms with E-state index in [-0.39, 0.29) is 4.90 Å². The number of hydrogen-bond acceptors (Lipinski definition) is 8. The van der Waals surface area contributed by atoms with Crippen molar-refractivity contribution >= 4 is 38.2 Å². The van der Waals surface area contributed by atoms with E-state index >= 15 is 0 Å². The molecule has 3 N–H and O–H groups in total. The summed E-state index contributed by atoms with van der Waals surface area (Å²) in [6.07, 6.45) is 1.61. The minimum atomic E-state index is -3.64. The highest BCUT2D eigenvalue weighted by molar-refractivity contribution is 7.89. The van der Waals surface area contributed by atoms with Crippen LogP contribution in [0, 0.1) is 11.3 Å². The van der Waals surface area contributed by atoms with Crippen molar-refractivity contribution in [2.45, 2.75) is 4.90 Å². The van der Waals surface area contributed by atoms with Crippen molar-refractivity contribution in [3.05, 3.63) is 36.0 Å². The number of benzene rings is 1. The van der Waals surface area contributed by atoms with Crippen molar-refractivity contribution in [1.82, 2.24) is 14.3 Å². The van der Waals surface area contributed by atoms with Gasteiger partial charge in [0.1, 0.15) is 23.3 Å². The molecule has 0 radical (unpaired) electrons. The number of ether oxygens (including phenoxy) is 2. The van der Waals surface area contributed by atoms with Crippen LogP contribution in [0.1, 0.15) is 5.56 Å². The number of aromatic nitrogens is 2. The highest BCUT2D eigenvalue weighted by Gasteiger charge is 2.27. The van der Waals surface area contributed by atoms with Gasteiger partial charge in [-0.3, -0.25) is 0 Å². The Morgan fingerprint density at radius 3 is 2.71 bits per heavy atom. The van der Waals surface area contributed by atoms with E-state index in [2.05, 4.69) is 26.7 Å². The molecule has 4 rings (SSSR count). The van der Waals surface area contributed by atoms with E-state index in [1.54, 1.807) is 25.4 Å². The zero-order chi connectivity index (χ0) is 22.0. The average molecular weight is 443 g/mol. The summed E-state index contributed by atoms with van der Waals surface area (Å²) in [7, 11) is -0.399. The number of sulfonamides is 1. The first kappa shape index (κ1) is 20.9. The summed E-state index contributed by atoms with van der Waals surface area (Å²) in [6, 6.07) is 8.59. The maximum atomic E-state index is 12.9. The van der Waals surface area contributed by atoms with Crippen molar-refractivity contribution in [2.24, 2.45) is 0 Å². The van der Waals surface area contributed by atoms with Gasteiger partial charge in [0.15, 0.2) is 0 Å². The first-order chi connectivity index (χ1) is 15.0. The number of anilines is 3. The van der Waals surface area contributed by atoms with Gasteiger partial charge in [0.2, 0.25) is 10.0 Å². The van der Waals surface area contributed by atoms with Crippen LogP contribution in [0.2, 0.25) is 0 Å². The molecule has 0 spiro atoms. The summed E-state index contributed by atoms with van der Waals surface area (Å²) in [5.41, 5.74) is 2.34. The maximum Gasteiger partial charge on any atom is 0.243 e. The Hall–Kier alpha value is -3.33. The average Bonchev–Trinajstić information content (AvgIpc) is 3.22. The van der Waals surface area contributed by atoms with Gasteiger partial charge in [0, 0.05) is 44.2 Å². The van der Waals surface area contributed by atoms with E-state index in [0.717, 1.165) is 5.69 Å². The molecule has 1 aromatic carbocycles. The number of aromatic amines is 1. The second-order valence-electron chi connectivity index (χ2n) is 6.85. The van der Waals surface area contributed by atoms with Gasteiger partial charge in [-0.05, 0) is 12.1 Å². The molecule has 0 unspecified atom stereocenters. The topological polar surface area (TPSA) is 132 Å². The van der Waals surface area contributed by atoms with Crippen LogP contribution >= 0.6 is 0 Å². The summed E-state index contributed by atoms with van der Waals surface area (Å²) in [5.74, 6) is 0.872. The third-order valence-electron chi connectivity index (χ3n) is 5.08. The second kappa shape index (κ2) is 8.43. The molecule has 0 amide bonds. The Labute approximate surface area is 179 Å². The molecule has 31 heavy (non-hydrogen) atoms. The minimum Gasteiger partial charge on any atom is -0.495 e. The third kappa shape index (κ3) is 3.88. The number of pyridine rings is 1. The van der Waals surface area contributed by atoms with Gasteiger partial charge in [-0.1, -0.05) is 0 Å². The quantitative estimate of drug-likeness (QED) is 0.529. The standard InChI is InChI=1S/C20H22N6O4S/c1-22-16-10-18(25-20-19(16)13(11-21)12-23-20)24-15-4-3-14(9-17(15)29-2)31(27,28)26-5-7-30-8-6-26/h3-4,9-10,12H,5-8H2,1-2H3,(H3,22,23,24,25). The molecule has 3 heterocycles. The smallest absolute Gasteiger partial charge is 0.243 e. The van der Waals surface area contributed by atoms with E-state index in [4.69, 9.17) is 9.47 Å². The van der Waals surface area contributed by atoms with E-state index in [1.165, 1.54) is 23.5 Å². The lowest BCUT2D eigenvalue weighted by Gasteiger charge is -2.26. The molecule has 1 saturated heterocycles. The molecule has 11 heteroatoms. The lowest BCUT2D eigenvalue weighted by Crippen LogP contribution is -2.40. The molecular weight excluding hydrogens is 420 g/mol. The van der Waals surface area contributed by atoms with Gasteiger partial charge in [-0.2, -0.15) is 9.57 Å². The molecule has 0 atom stereocenters. The number of rotatable bonds is 6. The van der Waals surface area contributed by atoms with Gasteiger partial charge in [-0.25, -0.2) is 13.4 Å². The van der Waals surface area contributed by atoms with E-state index in [9.17, 15) is 13.7 Å². The molecule has 0 aliphatic carbocycles. The summed E-state index contributed by atoms with van der Waals surface area (Å²) in [6.45, 7) is 1.40. The van der Waals surface area contributed by atoms with Crippen LogP contribution in [0.25, 0.3) is 11.0 Å². The van der Waals surface area contributed by atoms with Crippen LogP contribution in [0.15, 0.2) is 35.4 Å². The highest BCUT2D eigenvalue weighted by atomic mass is 32.2. The fourth-order valence-corrected chi connectivity index (χ4v) is 4.92. The second-order valence-corrected chi connectivity index (χ2v) is 8.78. The third-order valence-corrected chi connectivity index (χ3v) is 6.97. The Bertz CT molecular complexity index is 1260. The number of H-pyrrole nitrogens is 1. The molecular formula is C20H22N6O4S. The Morgan fingerprint density at radius 2 is 2.03 bits per heavy atom. The normalized spacial score (nSPS) is 14.9. The summed E-state index contributed by atoms with van der Waals surface area (Å²) in [4.78, 5) is 7.66. The number of nitriles is 1. The molecule has 3 aromatic rings. The zero-order valence-electron chi connectivity index (χ0n) is 17.1. The Morgan fingerprint density at radius 1 is 1.26 bits per heavy atom. The van der Waals surface area contributed by atoms with Crippen LogP contribution in [0.3, 0.4) is 0 Å². The van der Waals surface area contributed by atoms with E-state index in [1.807, 2.05) is 0 Å². The highest BCUT2D eigenvalue weighted by Crippen LogP contribution is 2.33. The minimum absolute atomic E-state index is 0.152. The first-order valence-electron chi connectivity index (χ1n) is 9.61. The van der Waals surface area contributed by atoms with Crippen LogP contribution in [0.4, 0.5) is 17.2 Å². The lowest BCUT2D eigenvalue weighted by molar-refractivity contribution is 0.0730. The van der Waals surface area contributed by atoms with Gasteiger partial charge in [0.25, 0.3) is 0 Å². The number of morpholine rings is 1. The fourth-order valence-electron chi connectivity index (χ4n) is 3.49. The molecule has 10 nitrogen and oxygen atoms in total. The van der Waals surface area contributed by atoms with Crippen molar-refractivity contribution in [3.63, 3.8) is 0 Å².